The van der Waals surface area contributed by atoms with Crippen molar-refractivity contribution in [2.45, 2.75) is 58.5 Å². The molecule has 0 aromatic heterocycles. The Labute approximate surface area is 235 Å². The molecular weight excluding hydrogens is 488 g/mol. The number of fused-ring (bicyclic) bond motifs is 1. The molecule has 0 unspecified atom stereocenters. The zero-order chi connectivity index (χ0) is 27.5. The molecule has 2 aromatic carbocycles. The van der Waals surface area contributed by atoms with Crippen molar-refractivity contribution in [2.24, 2.45) is 0 Å². The fourth-order valence-corrected chi connectivity index (χ4v) is 5.60. The van der Waals surface area contributed by atoms with Gasteiger partial charge < -0.3 is 24.2 Å². The number of benzene rings is 2. The van der Waals surface area contributed by atoms with Gasteiger partial charge in [0, 0.05) is 63.1 Å². The Morgan fingerprint density at radius 3 is 2.46 bits per heavy atom. The summed E-state index contributed by atoms with van der Waals surface area (Å²) < 4.78 is 11.9. The van der Waals surface area contributed by atoms with Gasteiger partial charge in [0.05, 0.1) is 19.8 Å². The van der Waals surface area contributed by atoms with Gasteiger partial charge in [0.15, 0.2) is 0 Å². The second-order valence-corrected chi connectivity index (χ2v) is 11.2. The first-order valence-corrected chi connectivity index (χ1v) is 14.8. The summed E-state index contributed by atoms with van der Waals surface area (Å²) in [6, 6.07) is 15.2. The Hall–Kier alpha value is -2.61. The van der Waals surface area contributed by atoms with Crippen LogP contribution in [0.1, 0.15) is 56.6 Å². The lowest BCUT2D eigenvalue weighted by molar-refractivity contribution is -0.116. The van der Waals surface area contributed by atoms with E-state index in [2.05, 4.69) is 71.3 Å². The minimum absolute atomic E-state index is 0.121. The standard InChI is InChI=1S/C32H48N4O3/c1-27(37)36-18-10-6-4-5-9-17-34(25-28-12-7-8-13-32(28)39-21-11-16-33(2)3)26-29-24-30(14-15-31(29)36)35-19-22-38-23-20-35/h7-8,12-15,24H,4-6,9-11,16-23,25-26H2,1-3H3. The Balaban J connectivity index is 1.60. The fourth-order valence-electron chi connectivity index (χ4n) is 5.60. The lowest BCUT2D eigenvalue weighted by atomic mass is 10.0. The number of rotatable bonds is 8. The van der Waals surface area contributed by atoms with Crippen LogP contribution >= 0.6 is 0 Å². The van der Waals surface area contributed by atoms with Crippen LogP contribution < -0.4 is 14.5 Å². The van der Waals surface area contributed by atoms with E-state index < -0.39 is 0 Å². The molecule has 2 aliphatic heterocycles. The predicted octanol–water partition coefficient (Wildman–Crippen LogP) is 5.17. The summed E-state index contributed by atoms with van der Waals surface area (Å²) in [5.74, 6) is 1.10. The number of morpholine rings is 1. The highest BCUT2D eigenvalue weighted by atomic mass is 16.5. The van der Waals surface area contributed by atoms with E-state index >= 15 is 0 Å². The van der Waals surface area contributed by atoms with Gasteiger partial charge in [0.2, 0.25) is 5.91 Å². The van der Waals surface area contributed by atoms with Gasteiger partial charge >= 0.3 is 0 Å². The molecule has 7 heteroatoms. The van der Waals surface area contributed by atoms with E-state index in [0.29, 0.717) is 6.61 Å². The molecule has 0 aliphatic carbocycles. The lowest BCUT2D eigenvalue weighted by Crippen LogP contribution is -2.36. The molecule has 0 bridgehead atoms. The molecule has 2 heterocycles. The second-order valence-electron chi connectivity index (χ2n) is 11.2. The van der Waals surface area contributed by atoms with E-state index in [9.17, 15) is 4.79 Å². The van der Waals surface area contributed by atoms with Gasteiger partial charge in [-0.05, 0) is 69.7 Å². The maximum absolute atomic E-state index is 12.8. The van der Waals surface area contributed by atoms with E-state index in [1.807, 2.05) is 4.90 Å². The molecule has 7 nitrogen and oxygen atoms in total. The molecule has 1 amide bonds. The van der Waals surface area contributed by atoms with Gasteiger partial charge in [-0.2, -0.15) is 0 Å². The molecule has 0 radical (unpaired) electrons. The molecule has 0 atom stereocenters. The van der Waals surface area contributed by atoms with Crippen LogP contribution in [0, 0.1) is 0 Å². The zero-order valence-corrected chi connectivity index (χ0v) is 24.4. The highest BCUT2D eigenvalue weighted by Gasteiger charge is 2.21. The average molecular weight is 537 g/mol. The highest BCUT2D eigenvalue weighted by molar-refractivity contribution is 5.92. The van der Waals surface area contributed by atoms with Crippen LogP contribution in [-0.4, -0.2) is 82.3 Å². The maximum atomic E-state index is 12.8. The summed E-state index contributed by atoms with van der Waals surface area (Å²) >= 11 is 0. The summed E-state index contributed by atoms with van der Waals surface area (Å²) in [4.78, 5) is 22.0. The van der Waals surface area contributed by atoms with Gasteiger partial charge in [0.25, 0.3) is 0 Å². The average Bonchev–Trinajstić information content (AvgIpc) is 2.93. The number of ether oxygens (including phenoxy) is 2. The predicted molar refractivity (Wildman–Crippen MR) is 160 cm³/mol. The molecular formula is C32H48N4O3. The topological polar surface area (TPSA) is 48.5 Å². The molecule has 214 valence electrons. The van der Waals surface area contributed by atoms with Crippen LogP contribution in [0.5, 0.6) is 5.75 Å². The summed E-state index contributed by atoms with van der Waals surface area (Å²) in [5, 5.41) is 0. The number of amides is 1. The molecule has 1 fully saturated rings. The molecule has 39 heavy (non-hydrogen) atoms. The molecule has 0 N–H and O–H groups in total. The van der Waals surface area contributed by atoms with Gasteiger partial charge in [-0.3, -0.25) is 9.69 Å². The number of hydrogen-bond acceptors (Lipinski definition) is 6. The number of para-hydroxylation sites is 1. The summed E-state index contributed by atoms with van der Waals surface area (Å²) in [7, 11) is 4.20. The quantitative estimate of drug-likeness (QED) is 0.434. The Kier molecular flexibility index (Phi) is 11.5. The third-order valence-electron chi connectivity index (χ3n) is 7.73. The molecule has 0 saturated carbocycles. The van der Waals surface area contributed by atoms with E-state index in [4.69, 9.17) is 9.47 Å². The molecule has 4 rings (SSSR count). The van der Waals surface area contributed by atoms with Crippen molar-refractivity contribution in [2.75, 3.05) is 76.4 Å². The molecule has 0 spiro atoms. The SMILES string of the molecule is CC(=O)N1CCCCCCCN(Cc2ccccc2OCCCN(C)C)Cc2cc(N3CCOCC3)ccc21. The van der Waals surface area contributed by atoms with Gasteiger partial charge in [-0.1, -0.05) is 37.5 Å². The smallest absolute Gasteiger partial charge is 0.223 e. The van der Waals surface area contributed by atoms with Crippen LogP contribution in [0.15, 0.2) is 42.5 Å². The third-order valence-corrected chi connectivity index (χ3v) is 7.73. The molecule has 1 saturated heterocycles. The highest BCUT2D eigenvalue weighted by Crippen LogP contribution is 2.31. The van der Waals surface area contributed by atoms with E-state index in [1.54, 1.807) is 6.92 Å². The molecule has 2 aromatic rings. The van der Waals surface area contributed by atoms with Crippen molar-refractivity contribution in [3.05, 3.63) is 53.6 Å². The normalized spacial score (nSPS) is 17.8. The number of nitrogens with zero attached hydrogens (tertiary/aromatic N) is 4. The van der Waals surface area contributed by atoms with Crippen molar-refractivity contribution >= 4 is 17.3 Å². The van der Waals surface area contributed by atoms with Crippen molar-refractivity contribution in [1.29, 1.82) is 0 Å². The number of anilines is 2. The second kappa shape index (κ2) is 15.2. The van der Waals surface area contributed by atoms with Gasteiger partial charge in [0.1, 0.15) is 5.75 Å². The lowest BCUT2D eigenvalue weighted by Gasteiger charge is -2.32. The van der Waals surface area contributed by atoms with Crippen LogP contribution in [0.25, 0.3) is 0 Å². The van der Waals surface area contributed by atoms with Crippen molar-refractivity contribution in [3.63, 3.8) is 0 Å². The van der Waals surface area contributed by atoms with Crippen LogP contribution in [0.4, 0.5) is 11.4 Å². The molecule has 2 aliphatic rings. The summed E-state index contributed by atoms with van der Waals surface area (Å²) in [6.45, 7) is 10.2. The number of carbonyl (C=O) groups is 1. The van der Waals surface area contributed by atoms with Crippen molar-refractivity contribution < 1.29 is 14.3 Å². The largest absolute Gasteiger partial charge is 0.493 e. The zero-order valence-electron chi connectivity index (χ0n) is 24.4. The van der Waals surface area contributed by atoms with E-state index in [1.165, 1.54) is 36.1 Å². The third kappa shape index (κ3) is 8.95. The first-order valence-electron chi connectivity index (χ1n) is 14.8. The summed E-state index contributed by atoms with van der Waals surface area (Å²) in [6.07, 6.45) is 6.83. The number of hydrogen-bond donors (Lipinski definition) is 0. The maximum Gasteiger partial charge on any atom is 0.223 e. The van der Waals surface area contributed by atoms with Crippen molar-refractivity contribution in [3.8, 4) is 5.75 Å². The Bertz CT molecular complexity index is 1040. The summed E-state index contributed by atoms with van der Waals surface area (Å²) in [5.41, 5.74) is 4.72. The van der Waals surface area contributed by atoms with Crippen molar-refractivity contribution in [1.82, 2.24) is 9.80 Å². The fraction of sp³-hybridized carbons (Fsp3) is 0.594. The van der Waals surface area contributed by atoms with Gasteiger partial charge in [-0.25, -0.2) is 0 Å². The first-order chi connectivity index (χ1) is 19.0. The van der Waals surface area contributed by atoms with Crippen LogP contribution in [0.3, 0.4) is 0 Å². The Morgan fingerprint density at radius 1 is 0.949 bits per heavy atom. The monoisotopic (exact) mass is 536 g/mol. The van der Waals surface area contributed by atoms with Crippen LogP contribution in [-0.2, 0) is 22.6 Å². The minimum Gasteiger partial charge on any atom is -0.493 e. The van der Waals surface area contributed by atoms with Crippen LogP contribution in [0.2, 0.25) is 0 Å². The van der Waals surface area contributed by atoms with E-state index in [-0.39, 0.29) is 5.91 Å². The minimum atomic E-state index is 0.121. The Morgan fingerprint density at radius 2 is 1.69 bits per heavy atom. The van der Waals surface area contributed by atoms with Gasteiger partial charge in [-0.15, -0.1) is 0 Å². The number of carbonyl (C=O) groups excluding carboxylic acids is 1. The van der Waals surface area contributed by atoms with E-state index in [0.717, 1.165) is 89.7 Å². The first kappa shape index (κ1) is 29.4.